The predicted molar refractivity (Wildman–Crippen MR) is 201 cm³/mol. The zero-order valence-corrected chi connectivity index (χ0v) is 31.4. The Morgan fingerprint density at radius 2 is 1.36 bits per heavy atom. The molecule has 1 aliphatic heterocycles. The number of amides is 6. The van der Waals surface area contributed by atoms with E-state index >= 15 is 0 Å². The zero-order chi connectivity index (χ0) is 40.9. The van der Waals surface area contributed by atoms with Crippen molar-refractivity contribution in [1.82, 2.24) is 41.5 Å². The van der Waals surface area contributed by atoms with Gasteiger partial charge in [-0.2, -0.15) is 0 Å². The van der Waals surface area contributed by atoms with Crippen LogP contribution in [0.5, 0.6) is 5.75 Å². The second-order valence-corrected chi connectivity index (χ2v) is 13.8. The molecule has 18 nitrogen and oxygen atoms in total. The second-order valence-electron chi connectivity index (χ2n) is 13.8. The molecule has 7 atom stereocenters. The van der Waals surface area contributed by atoms with Gasteiger partial charge in [0.05, 0.1) is 12.4 Å². The molecule has 2 heterocycles. The summed E-state index contributed by atoms with van der Waals surface area (Å²) in [5.41, 5.74) is 7.56. The molecule has 1 aromatic heterocycles. The number of nitrogens with zero attached hydrogens (tertiary/aromatic N) is 2. The molecule has 4 rings (SSSR count). The Labute approximate surface area is 323 Å². The molecular formula is C38H49N9O9. The van der Waals surface area contributed by atoms with Crippen LogP contribution in [0.2, 0.25) is 0 Å². The number of nitrogens with one attached hydrogen (secondary N) is 6. The summed E-state index contributed by atoms with van der Waals surface area (Å²) in [6, 6.07) is 6.83. The summed E-state index contributed by atoms with van der Waals surface area (Å²) in [4.78, 5) is 101. The first-order chi connectivity index (χ1) is 26.6. The van der Waals surface area contributed by atoms with E-state index in [0.717, 1.165) is 0 Å². The number of carboxylic acid groups (broad SMARTS) is 1. The molecule has 0 aliphatic carbocycles. The number of imidazole rings is 1. The fourth-order valence-corrected chi connectivity index (χ4v) is 6.08. The number of aromatic hydroxyl groups is 1. The molecule has 10 N–H and O–H groups in total. The van der Waals surface area contributed by atoms with Crippen LogP contribution in [-0.4, -0.2) is 115 Å². The molecule has 1 fully saturated rings. The molecule has 300 valence electrons. The summed E-state index contributed by atoms with van der Waals surface area (Å²) in [5, 5.41) is 32.0. The number of phenolic OH excluding ortho intramolecular Hbond substituents is 1. The quantitative estimate of drug-likeness (QED) is 0.0758. The van der Waals surface area contributed by atoms with Gasteiger partial charge < -0.3 is 52.4 Å². The summed E-state index contributed by atoms with van der Waals surface area (Å²) < 4.78 is 0. The normalized spacial score (nSPS) is 16.9. The van der Waals surface area contributed by atoms with Crippen LogP contribution < -0.4 is 32.3 Å². The third-order valence-corrected chi connectivity index (χ3v) is 9.25. The molecule has 0 spiro atoms. The van der Waals surface area contributed by atoms with Gasteiger partial charge in [-0.25, -0.2) is 4.98 Å². The van der Waals surface area contributed by atoms with Gasteiger partial charge in [0.25, 0.3) is 0 Å². The van der Waals surface area contributed by atoms with Gasteiger partial charge >= 0.3 is 5.97 Å². The maximum atomic E-state index is 14.1. The van der Waals surface area contributed by atoms with E-state index in [1.807, 2.05) is 0 Å². The Bertz CT molecular complexity index is 1840. The number of nitrogens with two attached hydrogens (primary N) is 1. The highest BCUT2D eigenvalue weighted by molar-refractivity contribution is 5.97. The number of hydrogen-bond donors (Lipinski definition) is 9. The number of carbonyl (C=O) groups is 7. The number of phenols is 1. The van der Waals surface area contributed by atoms with Crippen LogP contribution in [0.25, 0.3) is 0 Å². The lowest BCUT2D eigenvalue weighted by Gasteiger charge is -2.30. The molecule has 1 aliphatic rings. The van der Waals surface area contributed by atoms with E-state index in [2.05, 4.69) is 36.6 Å². The molecule has 18 heteroatoms. The number of aromatic nitrogens is 2. The summed E-state index contributed by atoms with van der Waals surface area (Å²) in [7, 11) is 0. The fraction of sp³-hybridized carbons (Fsp3) is 0.421. The van der Waals surface area contributed by atoms with Crippen LogP contribution in [0.1, 0.15) is 50.4 Å². The summed E-state index contributed by atoms with van der Waals surface area (Å²) >= 11 is 0. The van der Waals surface area contributed by atoms with E-state index in [1.54, 1.807) is 42.5 Å². The van der Waals surface area contributed by atoms with Crippen LogP contribution in [-0.2, 0) is 52.8 Å². The minimum Gasteiger partial charge on any atom is -0.508 e. The van der Waals surface area contributed by atoms with Crippen LogP contribution >= 0.6 is 0 Å². The van der Waals surface area contributed by atoms with Crippen molar-refractivity contribution >= 4 is 41.4 Å². The van der Waals surface area contributed by atoms with Crippen molar-refractivity contribution in [3.05, 3.63) is 83.9 Å². The highest BCUT2D eigenvalue weighted by atomic mass is 16.4. The van der Waals surface area contributed by atoms with Crippen molar-refractivity contribution in [1.29, 1.82) is 0 Å². The molecule has 1 saturated heterocycles. The van der Waals surface area contributed by atoms with Crippen molar-refractivity contribution in [3.8, 4) is 5.75 Å². The van der Waals surface area contributed by atoms with E-state index in [-0.39, 0.29) is 38.0 Å². The summed E-state index contributed by atoms with van der Waals surface area (Å²) in [6.45, 7) is 4.33. The van der Waals surface area contributed by atoms with Gasteiger partial charge in [0.1, 0.15) is 42.0 Å². The van der Waals surface area contributed by atoms with Crippen LogP contribution in [0, 0.1) is 0 Å². The number of rotatable bonds is 18. The largest absolute Gasteiger partial charge is 0.508 e. The van der Waals surface area contributed by atoms with Crippen molar-refractivity contribution in [2.24, 2.45) is 5.73 Å². The first-order valence-electron chi connectivity index (χ1n) is 18.2. The van der Waals surface area contributed by atoms with E-state index in [4.69, 9.17) is 5.73 Å². The molecule has 56 heavy (non-hydrogen) atoms. The Kier molecular flexibility index (Phi) is 15.0. The van der Waals surface area contributed by atoms with E-state index in [1.165, 1.54) is 50.3 Å². The van der Waals surface area contributed by atoms with Crippen molar-refractivity contribution in [3.63, 3.8) is 0 Å². The topological polar surface area (TPSA) is 278 Å². The maximum absolute atomic E-state index is 14.1. The minimum absolute atomic E-state index is 0.00603. The monoisotopic (exact) mass is 775 g/mol. The number of benzene rings is 2. The fourth-order valence-electron chi connectivity index (χ4n) is 6.08. The zero-order valence-electron chi connectivity index (χ0n) is 31.4. The second kappa shape index (κ2) is 19.9. The number of aromatic amines is 1. The molecule has 3 aromatic rings. The van der Waals surface area contributed by atoms with Crippen LogP contribution in [0.4, 0.5) is 0 Å². The first-order valence-corrected chi connectivity index (χ1v) is 18.2. The van der Waals surface area contributed by atoms with Gasteiger partial charge in [-0.15, -0.1) is 0 Å². The number of H-pyrrole nitrogens is 1. The van der Waals surface area contributed by atoms with Gasteiger partial charge in [0.15, 0.2) is 0 Å². The van der Waals surface area contributed by atoms with E-state index < -0.39 is 83.7 Å². The van der Waals surface area contributed by atoms with Crippen molar-refractivity contribution in [2.45, 2.75) is 95.2 Å². The number of likely N-dealkylation sites (tertiary alicyclic amines) is 1. The average Bonchev–Trinajstić information content (AvgIpc) is 3.88. The lowest BCUT2D eigenvalue weighted by molar-refractivity contribution is -0.142. The molecule has 6 amide bonds. The summed E-state index contributed by atoms with van der Waals surface area (Å²) in [5.74, 6) is -5.27. The molecule has 0 bridgehead atoms. The Balaban J connectivity index is 1.57. The number of hydrogen-bond acceptors (Lipinski definition) is 10. The molecule has 0 saturated carbocycles. The third-order valence-electron chi connectivity index (χ3n) is 9.25. The molecule has 0 unspecified atom stereocenters. The smallest absolute Gasteiger partial charge is 0.325 e. The molecule has 0 radical (unpaired) electrons. The van der Waals surface area contributed by atoms with E-state index in [9.17, 15) is 43.8 Å². The van der Waals surface area contributed by atoms with Gasteiger partial charge in [0.2, 0.25) is 35.4 Å². The van der Waals surface area contributed by atoms with Gasteiger partial charge in [-0.1, -0.05) is 42.5 Å². The Hall–Kier alpha value is -6.30. The lowest BCUT2D eigenvalue weighted by Crippen LogP contribution is -2.60. The highest BCUT2D eigenvalue weighted by Crippen LogP contribution is 2.21. The average molecular weight is 776 g/mol. The van der Waals surface area contributed by atoms with Crippen LogP contribution in [0.15, 0.2) is 67.1 Å². The van der Waals surface area contributed by atoms with Crippen molar-refractivity contribution in [2.75, 3.05) is 6.54 Å². The predicted octanol–water partition coefficient (Wildman–Crippen LogP) is -0.970. The molecule has 2 aromatic carbocycles. The number of carbonyl (C=O) groups excluding carboxylic acids is 6. The number of aliphatic carboxylic acids is 1. The van der Waals surface area contributed by atoms with Crippen molar-refractivity contribution < 1.29 is 43.8 Å². The SMILES string of the molecule is C[C@H](N)C(=O)N[C@@H](Cc1cnc[nH]1)C(=O)N1CCC[C@H]1C(=O)N[C@@H](Cc1ccc(O)cc1)C(=O)N[C@@H](Cc1ccccc1)C(=O)N[C@@H](C)C(=O)N[C@@H](C)C(=O)O. The third kappa shape index (κ3) is 12.1. The molecular weight excluding hydrogens is 726 g/mol. The number of carboxylic acids is 1. The van der Waals surface area contributed by atoms with Gasteiger partial charge in [-0.3, -0.25) is 33.6 Å². The Morgan fingerprint density at radius 1 is 0.768 bits per heavy atom. The Morgan fingerprint density at radius 3 is 1.96 bits per heavy atom. The van der Waals surface area contributed by atoms with Crippen LogP contribution in [0.3, 0.4) is 0 Å². The van der Waals surface area contributed by atoms with E-state index in [0.29, 0.717) is 23.2 Å². The highest BCUT2D eigenvalue weighted by Gasteiger charge is 2.40. The standard InChI is InChI=1S/C38H49N9O9/c1-21(39)32(49)46-30(18-26-19-40-20-41-26)37(54)47-15-7-10-31(47)36(53)45-29(17-25-11-13-27(48)14-12-25)35(52)44-28(16-24-8-5-4-6-9-24)34(51)42-22(2)33(50)43-23(3)38(55)56/h4-6,8-9,11-14,19-23,28-31,48H,7,10,15-18,39H2,1-3H3,(H,40,41)(H,42,51)(H,43,50)(H,44,52)(H,45,53)(H,46,49)(H,55,56)/t21-,22-,23-,28-,29-,30-,31-/m0/s1. The first kappa shape index (κ1) is 42.4. The minimum atomic E-state index is -1.29. The lowest BCUT2D eigenvalue weighted by atomic mass is 10.0. The summed E-state index contributed by atoms with van der Waals surface area (Å²) in [6.07, 6.45) is 3.65. The maximum Gasteiger partial charge on any atom is 0.325 e. The van der Waals surface area contributed by atoms with Gasteiger partial charge in [0, 0.05) is 37.7 Å². The van der Waals surface area contributed by atoms with Gasteiger partial charge in [-0.05, 0) is 56.9 Å².